The van der Waals surface area contributed by atoms with Crippen molar-refractivity contribution in [3.63, 3.8) is 0 Å². The molecule has 2 aromatic carbocycles. The van der Waals surface area contributed by atoms with Gasteiger partial charge in [0.15, 0.2) is 0 Å². The van der Waals surface area contributed by atoms with Gasteiger partial charge < -0.3 is 10.1 Å². The first-order valence-electron chi connectivity index (χ1n) is 10.6. The normalized spacial score (nSPS) is 20.4. The average Bonchev–Trinajstić information content (AvgIpc) is 2.71. The number of sulfonamides is 1. The molecule has 1 amide bonds. The molecule has 6 nitrogen and oxygen atoms in total. The Balaban J connectivity index is 1.45. The number of amides is 1. The smallest absolute Gasteiger partial charge is 0.259 e. The molecule has 1 saturated heterocycles. The number of hydrogen-bond donors (Lipinski definition) is 1. The summed E-state index contributed by atoms with van der Waals surface area (Å²) in [7, 11) is -3.51. The van der Waals surface area contributed by atoms with E-state index in [-0.39, 0.29) is 16.9 Å². The molecule has 1 N–H and O–H groups in total. The third kappa shape index (κ3) is 4.52. The molecule has 2 aliphatic rings. The van der Waals surface area contributed by atoms with E-state index in [1.54, 1.807) is 40.7 Å². The summed E-state index contributed by atoms with van der Waals surface area (Å²) >= 11 is 0. The molecular weight excluding hydrogens is 400 g/mol. The number of nitrogens with zero attached hydrogens (tertiary/aromatic N) is 1. The summed E-state index contributed by atoms with van der Waals surface area (Å²) in [5.74, 6) is 0.679. The van der Waals surface area contributed by atoms with Crippen LogP contribution in [0.15, 0.2) is 53.4 Å². The second-order valence-electron chi connectivity index (χ2n) is 8.26. The number of nitrogens with one attached hydrogen (secondary N) is 1. The quantitative estimate of drug-likeness (QED) is 0.745. The van der Waals surface area contributed by atoms with E-state index in [1.807, 2.05) is 12.1 Å². The van der Waals surface area contributed by atoms with Gasteiger partial charge in [-0.15, -0.1) is 0 Å². The Morgan fingerprint density at radius 2 is 1.77 bits per heavy atom. The second-order valence-corrected chi connectivity index (χ2v) is 10.2. The van der Waals surface area contributed by atoms with Crippen molar-refractivity contribution in [3.8, 4) is 5.75 Å². The molecule has 1 aliphatic heterocycles. The van der Waals surface area contributed by atoms with Crippen molar-refractivity contribution in [3.05, 3.63) is 54.1 Å². The van der Waals surface area contributed by atoms with Crippen molar-refractivity contribution in [1.29, 1.82) is 0 Å². The molecular formula is C23H28N2O4S. The van der Waals surface area contributed by atoms with Gasteiger partial charge in [0, 0.05) is 18.8 Å². The van der Waals surface area contributed by atoms with Crippen LogP contribution < -0.4 is 10.1 Å². The minimum absolute atomic E-state index is 0.181. The Kier molecular flexibility index (Phi) is 6.11. The molecule has 30 heavy (non-hydrogen) atoms. The zero-order valence-electron chi connectivity index (χ0n) is 17.2. The lowest BCUT2D eigenvalue weighted by molar-refractivity contribution is 0.0992. The molecule has 1 aliphatic carbocycles. The maximum atomic E-state index is 12.9. The zero-order valence-corrected chi connectivity index (χ0v) is 18.0. The number of hydrogen-bond acceptors (Lipinski definition) is 4. The summed E-state index contributed by atoms with van der Waals surface area (Å²) in [4.78, 5) is 13.0. The Morgan fingerprint density at radius 1 is 1.03 bits per heavy atom. The summed E-state index contributed by atoms with van der Waals surface area (Å²) in [5, 5.41) is 2.85. The number of anilines is 1. The molecule has 1 unspecified atom stereocenters. The fourth-order valence-electron chi connectivity index (χ4n) is 3.85. The summed E-state index contributed by atoms with van der Waals surface area (Å²) < 4.78 is 33.3. The molecule has 1 heterocycles. The van der Waals surface area contributed by atoms with Crippen LogP contribution in [0.5, 0.6) is 5.75 Å². The number of carbonyl (C=O) groups excluding carboxylic acids is 1. The van der Waals surface area contributed by atoms with Crippen LogP contribution in [0.3, 0.4) is 0 Å². The van der Waals surface area contributed by atoms with Gasteiger partial charge in [0.25, 0.3) is 5.91 Å². The SMILES string of the molecule is CC1CCCN(S(=O)(=O)c2ccc(NC(=O)c3ccccc3OC3CCC3)cc2)C1. The molecule has 2 aromatic rings. The first-order chi connectivity index (χ1) is 14.4. The van der Waals surface area contributed by atoms with E-state index in [2.05, 4.69) is 12.2 Å². The highest BCUT2D eigenvalue weighted by atomic mass is 32.2. The lowest BCUT2D eigenvalue weighted by Crippen LogP contribution is -2.39. The first-order valence-corrected chi connectivity index (χ1v) is 12.0. The van der Waals surface area contributed by atoms with E-state index in [0.717, 1.165) is 32.1 Å². The molecule has 1 saturated carbocycles. The van der Waals surface area contributed by atoms with Gasteiger partial charge in [-0.05, 0) is 74.4 Å². The fourth-order valence-corrected chi connectivity index (χ4v) is 5.45. The van der Waals surface area contributed by atoms with Crippen molar-refractivity contribution in [1.82, 2.24) is 4.31 Å². The van der Waals surface area contributed by atoms with E-state index >= 15 is 0 Å². The number of ether oxygens (including phenoxy) is 1. The van der Waals surface area contributed by atoms with E-state index in [0.29, 0.717) is 36.0 Å². The number of piperidine rings is 1. The minimum atomic E-state index is -3.51. The summed E-state index contributed by atoms with van der Waals surface area (Å²) in [5.41, 5.74) is 1.02. The van der Waals surface area contributed by atoms with Gasteiger partial charge in [0.05, 0.1) is 16.6 Å². The number of para-hydroxylation sites is 1. The highest BCUT2D eigenvalue weighted by Crippen LogP contribution is 2.28. The molecule has 7 heteroatoms. The van der Waals surface area contributed by atoms with Crippen molar-refractivity contribution in [2.45, 2.75) is 50.0 Å². The Hall–Kier alpha value is -2.38. The molecule has 0 aromatic heterocycles. The van der Waals surface area contributed by atoms with Crippen LogP contribution in [0.2, 0.25) is 0 Å². The van der Waals surface area contributed by atoms with Crippen LogP contribution >= 0.6 is 0 Å². The molecule has 0 radical (unpaired) electrons. The van der Waals surface area contributed by atoms with Crippen LogP contribution in [-0.4, -0.2) is 37.8 Å². The number of carbonyl (C=O) groups is 1. The molecule has 2 fully saturated rings. The Morgan fingerprint density at radius 3 is 2.43 bits per heavy atom. The summed E-state index contributed by atoms with van der Waals surface area (Å²) in [6, 6.07) is 13.6. The number of rotatable bonds is 6. The van der Waals surface area contributed by atoms with Crippen molar-refractivity contribution in [2.24, 2.45) is 5.92 Å². The molecule has 160 valence electrons. The van der Waals surface area contributed by atoms with Gasteiger partial charge in [-0.2, -0.15) is 4.31 Å². The Labute approximate surface area is 178 Å². The fraction of sp³-hybridized carbons (Fsp3) is 0.435. The van der Waals surface area contributed by atoms with Gasteiger partial charge in [0.2, 0.25) is 10.0 Å². The standard InChI is InChI=1S/C23H28N2O4S/c1-17-6-5-15-25(16-17)30(27,28)20-13-11-18(12-14-20)24-23(26)21-9-2-3-10-22(21)29-19-7-4-8-19/h2-3,9-14,17,19H,4-8,15-16H2,1H3,(H,24,26). The van der Waals surface area contributed by atoms with E-state index in [9.17, 15) is 13.2 Å². The predicted octanol–water partition coefficient (Wildman–Crippen LogP) is 4.29. The monoisotopic (exact) mass is 428 g/mol. The van der Waals surface area contributed by atoms with E-state index in [4.69, 9.17) is 4.74 Å². The maximum Gasteiger partial charge on any atom is 0.259 e. The molecule has 1 atom stereocenters. The van der Waals surface area contributed by atoms with E-state index in [1.165, 1.54) is 0 Å². The minimum Gasteiger partial charge on any atom is -0.490 e. The average molecular weight is 429 g/mol. The van der Waals surface area contributed by atoms with Gasteiger partial charge in [-0.3, -0.25) is 4.79 Å². The Bertz CT molecular complexity index is 1000. The van der Waals surface area contributed by atoms with Gasteiger partial charge >= 0.3 is 0 Å². The molecule has 0 spiro atoms. The topological polar surface area (TPSA) is 75.7 Å². The third-order valence-corrected chi connectivity index (χ3v) is 7.73. The lowest BCUT2D eigenvalue weighted by atomic mass is 9.96. The highest BCUT2D eigenvalue weighted by Gasteiger charge is 2.28. The highest BCUT2D eigenvalue weighted by molar-refractivity contribution is 7.89. The third-order valence-electron chi connectivity index (χ3n) is 5.85. The molecule has 0 bridgehead atoms. The van der Waals surface area contributed by atoms with Crippen molar-refractivity contribution < 1.29 is 17.9 Å². The van der Waals surface area contributed by atoms with Crippen LogP contribution in [0.4, 0.5) is 5.69 Å². The van der Waals surface area contributed by atoms with Crippen molar-refractivity contribution in [2.75, 3.05) is 18.4 Å². The van der Waals surface area contributed by atoms with Gasteiger partial charge in [-0.1, -0.05) is 19.1 Å². The summed E-state index contributed by atoms with van der Waals surface area (Å²) in [6.07, 6.45) is 5.31. The van der Waals surface area contributed by atoms with Crippen LogP contribution in [0.25, 0.3) is 0 Å². The largest absolute Gasteiger partial charge is 0.490 e. The van der Waals surface area contributed by atoms with Gasteiger partial charge in [-0.25, -0.2) is 8.42 Å². The lowest BCUT2D eigenvalue weighted by Gasteiger charge is -2.30. The first kappa shape index (κ1) is 20.9. The maximum absolute atomic E-state index is 12.9. The number of benzene rings is 2. The van der Waals surface area contributed by atoms with E-state index < -0.39 is 10.0 Å². The zero-order chi connectivity index (χ0) is 21.1. The van der Waals surface area contributed by atoms with Crippen LogP contribution in [0, 0.1) is 5.92 Å². The van der Waals surface area contributed by atoms with Crippen LogP contribution in [0.1, 0.15) is 49.4 Å². The summed E-state index contributed by atoms with van der Waals surface area (Å²) in [6.45, 7) is 3.19. The molecule has 4 rings (SSSR count). The second kappa shape index (κ2) is 8.78. The van der Waals surface area contributed by atoms with Gasteiger partial charge in [0.1, 0.15) is 5.75 Å². The van der Waals surface area contributed by atoms with Crippen molar-refractivity contribution >= 4 is 21.6 Å². The predicted molar refractivity (Wildman–Crippen MR) is 116 cm³/mol. The van der Waals surface area contributed by atoms with Crippen LogP contribution in [-0.2, 0) is 10.0 Å².